The van der Waals surface area contributed by atoms with Crippen molar-refractivity contribution < 1.29 is 14.2 Å². The van der Waals surface area contributed by atoms with E-state index in [0.717, 1.165) is 0 Å². The maximum Gasteiger partial charge on any atom is 0.143 e. The van der Waals surface area contributed by atoms with Crippen molar-refractivity contribution in [3.63, 3.8) is 0 Å². The molecule has 0 unspecified atom stereocenters. The number of benzene rings is 2. The Kier molecular flexibility index (Phi) is 4.12. The van der Waals surface area contributed by atoms with Crippen LogP contribution >= 0.6 is 11.6 Å². The van der Waals surface area contributed by atoms with Gasteiger partial charge >= 0.3 is 0 Å². The molecule has 3 nitrogen and oxygen atoms in total. The third kappa shape index (κ3) is 3.29. The first-order chi connectivity index (χ1) is 9.10. The third-order valence-electron chi connectivity index (χ3n) is 2.70. The Bertz CT molecular complexity index is 590. The summed E-state index contributed by atoms with van der Waals surface area (Å²) < 4.78 is 18.2. The van der Waals surface area contributed by atoms with Crippen molar-refractivity contribution in [1.82, 2.24) is 0 Å². The van der Waals surface area contributed by atoms with Gasteiger partial charge in [0.25, 0.3) is 0 Å². The quantitative estimate of drug-likeness (QED) is 0.895. The van der Waals surface area contributed by atoms with E-state index >= 15 is 0 Å². The lowest BCUT2D eigenvalue weighted by Crippen LogP contribution is -2.00. The number of phenolic OH excluding ortho intramolecular Hbond substituents is 1. The van der Waals surface area contributed by atoms with Crippen molar-refractivity contribution in [2.45, 2.75) is 6.54 Å². The molecule has 0 amide bonds. The second kappa shape index (κ2) is 5.80. The molecule has 100 valence electrons. The van der Waals surface area contributed by atoms with Crippen LogP contribution in [0.3, 0.4) is 0 Å². The van der Waals surface area contributed by atoms with Crippen LogP contribution in [-0.2, 0) is 6.54 Å². The maximum atomic E-state index is 13.2. The number of aromatic hydroxyl groups is 1. The molecule has 5 heteroatoms. The van der Waals surface area contributed by atoms with E-state index in [4.69, 9.17) is 16.3 Å². The number of hydrogen-bond donors (Lipinski definition) is 2. The van der Waals surface area contributed by atoms with E-state index in [1.54, 1.807) is 18.2 Å². The summed E-state index contributed by atoms with van der Waals surface area (Å²) in [6.07, 6.45) is 0. The summed E-state index contributed by atoms with van der Waals surface area (Å²) in [4.78, 5) is 0. The molecule has 0 bridgehead atoms. The minimum Gasteiger partial charge on any atom is -0.507 e. The van der Waals surface area contributed by atoms with Gasteiger partial charge in [-0.25, -0.2) is 4.39 Å². The van der Waals surface area contributed by atoms with Gasteiger partial charge in [0, 0.05) is 23.9 Å². The lowest BCUT2D eigenvalue weighted by Gasteiger charge is -2.09. The number of rotatable bonds is 4. The summed E-state index contributed by atoms with van der Waals surface area (Å²) in [5, 5.41) is 12.9. The molecule has 0 aliphatic rings. The number of phenols is 1. The van der Waals surface area contributed by atoms with Crippen molar-refractivity contribution in [2.75, 3.05) is 12.4 Å². The maximum absolute atomic E-state index is 13.2. The molecule has 0 heterocycles. The molecule has 0 radical (unpaired) electrons. The first-order valence-corrected chi connectivity index (χ1v) is 6.03. The Balaban J connectivity index is 2.07. The van der Waals surface area contributed by atoms with Gasteiger partial charge in [0.15, 0.2) is 0 Å². The molecule has 0 aliphatic carbocycles. The number of nitrogens with one attached hydrogen (secondary N) is 1. The minimum absolute atomic E-state index is 0.0813. The highest BCUT2D eigenvalue weighted by molar-refractivity contribution is 6.30. The monoisotopic (exact) mass is 281 g/mol. The minimum atomic E-state index is -0.481. The highest BCUT2D eigenvalue weighted by Gasteiger charge is 2.04. The van der Waals surface area contributed by atoms with E-state index in [-0.39, 0.29) is 10.8 Å². The highest BCUT2D eigenvalue weighted by Crippen LogP contribution is 2.25. The van der Waals surface area contributed by atoms with Crippen LogP contribution in [0, 0.1) is 5.82 Å². The van der Waals surface area contributed by atoms with Gasteiger partial charge in [-0.3, -0.25) is 0 Å². The Hall–Kier alpha value is -1.94. The van der Waals surface area contributed by atoms with Gasteiger partial charge in [-0.05, 0) is 30.3 Å². The topological polar surface area (TPSA) is 41.5 Å². The molecule has 0 saturated heterocycles. The van der Waals surface area contributed by atoms with Crippen LogP contribution in [-0.4, -0.2) is 12.2 Å². The number of anilines is 1. The summed E-state index contributed by atoms with van der Waals surface area (Å²) >= 11 is 5.60. The summed E-state index contributed by atoms with van der Waals surface area (Å²) in [5.74, 6) is 0.227. The van der Waals surface area contributed by atoms with Gasteiger partial charge in [0.1, 0.15) is 17.3 Å². The van der Waals surface area contributed by atoms with Crippen molar-refractivity contribution in [3.8, 4) is 11.5 Å². The molecule has 0 atom stereocenters. The van der Waals surface area contributed by atoms with E-state index in [0.29, 0.717) is 23.5 Å². The van der Waals surface area contributed by atoms with Crippen molar-refractivity contribution >= 4 is 17.3 Å². The van der Waals surface area contributed by atoms with Crippen molar-refractivity contribution in [3.05, 3.63) is 52.8 Å². The first kappa shape index (κ1) is 13.5. The van der Waals surface area contributed by atoms with Crippen LogP contribution in [0.5, 0.6) is 11.5 Å². The molecule has 0 aromatic heterocycles. The zero-order chi connectivity index (χ0) is 13.8. The zero-order valence-corrected chi connectivity index (χ0v) is 11.0. The highest BCUT2D eigenvalue weighted by atomic mass is 35.5. The number of hydrogen-bond acceptors (Lipinski definition) is 3. The standard InChI is InChI=1S/C14H13ClFNO2/c1-19-11-4-2-9(14(18)7-11)8-17-10-3-5-12(15)13(16)6-10/h2-7,17-18H,8H2,1H3. The summed E-state index contributed by atoms with van der Waals surface area (Å²) in [6, 6.07) is 9.48. The smallest absolute Gasteiger partial charge is 0.143 e. The number of ether oxygens (including phenoxy) is 1. The van der Waals surface area contributed by atoms with E-state index in [1.807, 2.05) is 0 Å². The molecule has 2 aromatic carbocycles. The second-order valence-corrected chi connectivity index (χ2v) is 4.38. The largest absolute Gasteiger partial charge is 0.507 e. The Morgan fingerprint density at radius 2 is 2.05 bits per heavy atom. The van der Waals surface area contributed by atoms with Gasteiger partial charge in [0.05, 0.1) is 12.1 Å². The SMILES string of the molecule is COc1ccc(CNc2ccc(Cl)c(F)c2)c(O)c1. The second-order valence-electron chi connectivity index (χ2n) is 3.98. The average molecular weight is 282 g/mol. The predicted octanol–water partition coefficient (Wildman–Crippen LogP) is 3.81. The number of methoxy groups -OCH3 is 1. The molecular weight excluding hydrogens is 269 g/mol. The lowest BCUT2D eigenvalue weighted by atomic mass is 10.2. The van der Waals surface area contributed by atoms with Crippen molar-refractivity contribution in [2.24, 2.45) is 0 Å². The van der Waals surface area contributed by atoms with E-state index in [2.05, 4.69) is 5.32 Å². The summed E-state index contributed by atoms with van der Waals surface area (Å²) in [7, 11) is 1.53. The fraction of sp³-hybridized carbons (Fsp3) is 0.143. The van der Waals surface area contributed by atoms with Crippen LogP contribution in [0.15, 0.2) is 36.4 Å². The molecule has 2 N–H and O–H groups in total. The molecule has 0 fully saturated rings. The number of halogens is 2. The van der Waals surface area contributed by atoms with E-state index in [1.165, 1.54) is 25.3 Å². The van der Waals surface area contributed by atoms with Crippen LogP contribution < -0.4 is 10.1 Å². The van der Waals surface area contributed by atoms with Gasteiger partial charge in [-0.2, -0.15) is 0 Å². The van der Waals surface area contributed by atoms with Gasteiger partial charge in [-0.1, -0.05) is 11.6 Å². The van der Waals surface area contributed by atoms with Crippen LogP contribution in [0.1, 0.15) is 5.56 Å². The molecular formula is C14H13ClFNO2. The first-order valence-electron chi connectivity index (χ1n) is 5.65. The van der Waals surface area contributed by atoms with Gasteiger partial charge in [-0.15, -0.1) is 0 Å². The normalized spacial score (nSPS) is 10.3. The summed E-state index contributed by atoms with van der Waals surface area (Å²) in [5.41, 5.74) is 1.29. The molecule has 0 spiro atoms. The summed E-state index contributed by atoms with van der Waals surface area (Å²) in [6.45, 7) is 0.372. The predicted molar refractivity (Wildman–Crippen MR) is 73.4 cm³/mol. The molecule has 2 rings (SSSR count). The lowest BCUT2D eigenvalue weighted by molar-refractivity contribution is 0.406. The Morgan fingerprint density at radius 1 is 1.26 bits per heavy atom. The molecule has 0 aliphatic heterocycles. The van der Waals surface area contributed by atoms with Crippen LogP contribution in [0.2, 0.25) is 5.02 Å². The molecule has 0 saturated carbocycles. The van der Waals surface area contributed by atoms with Crippen LogP contribution in [0.4, 0.5) is 10.1 Å². The fourth-order valence-corrected chi connectivity index (χ4v) is 1.74. The molecule has 2 aromatic rings. The zero-order valence-electron chi connectivity index (χ0n) is 10.3. The van der Waals surface area contributed by atoms with Gasteiger partial charge < -0.3 is 15.2 Å². The van der Waals surface area contributed by atoms with Crippen LogP contribution in [0.25, 0.3) is 0 Å². The van der Waals surface area contributed by atoms with E-state index < -0.39 is 5.82 Å². The van der Waals surface area contributed by atoms with Crippen molar-refractivity contribution in [1.29, 1.82) is 0 Å². The Labute approximate surface area is 115 Å². The fourth-order valence-electron chi connectivity index (χ4n) is 1.62. The third-order valence-corrected chi connectivity index (χ3v) is 3.00. The van der Waals surface area contributed by atoms with Gasteiger partial charge in [0.2, 0.25) is 0 Å². The van der Waals surface area contributed by atoms with E-state index in [9.17, 15) is 9.50 Å². The Morgan fingerprint density at radius 3 is 2.68 bits per heavy atom. The molecule has 19 heavy (non-hydrogen) atoms. The average Bonchev–Trinajstić information content (AvgIpc) is 2.41.